The fourth-order valence-electron chi connectivity index (χ4n) is 2.42. The number of ether oxygens (including phenoxy) is 1. The van der Waals surface area contributed by atoms with Gasteiger partial charge in [-0.15, -0.1) is 0 Å². The molecule has 0 amide bonds. The smallest absolute Gasteiger partial charge is 0.167 e. The summed E-state index contributed by atoms with van der Waals surface area (Å²) in [6.45, 7) is 1.15. The van der Waals surface area contributed by atoms with E-state index in [9.17, 15) is 10.2 Å². The highest BCUT2D eigenvalue weighted by molar-refractivity contribution is 5.81. The lowest BCUT2D eigenvalue weighted by Gasteiger charge is -2.26. The molecule has 2 aromatic heterocycles. The van der Waals surface area contributed by atoms with Crippen LogP contribution in [0.15, 0.2) is 24.8 Å². The van der Waals surface area contributed by atoms with E-state index in [0.29, 0.717) is 30.8 Å². The molecule has 0 radical (unpaired) electrons. The van der Waals surface area contributed by atoms with Crippen LogP contribution in [0.3, 0.4) is 0 Å². The fourth-order valence-corrected chi connectivity index (χ4v) is 2.42. The lowest BCUT2D eigenvalue weighted by Crippen LogP contribution is -2.36. The zero-order valence-corrected chi connectivity index (χ0v) is 14.2. The maximum absolute atomic E-state index is 9.71. The first-order chi connectivity index (χ1) is 12.1. The van der Waals surface area contributed by atoms with Crippen LogP contribution in [0.1, 0.15) is 6.23 Å². The van der Waals surface area contributed by atoms with Crippen LogP contribution in [-0.4, -0.2) is 80.6 Å². The summed E-state index contributed by atoms with van der Waals surface area (Å²) >= 11 is 0. The number of nitrogens with zero attached hydrogens (tertiary/aromatic N) is 5. The van der Waals surface area contributed by atoms with Gasteiger partial charge >= 0.3 is 0 Å². The first kappa shape index (κ1) is 19.2. The molecule has 0 aliphatic heterocycles. The minimum atomic E-state index is -0.746. The SMILES string of the molecule is CN(C/C=C\CN)CC(CO)OC(CO)n1cnc2c(N)ncnc21. The van der Waals surface area contributed by atoms with Gasteiger partial charge in [0.1, 0.15) is 11.8 Å². The summed E-state index contributed by atoms with van der Waals surface area (Å²) in [6, 6.07) is 0. The number of aliphatic hydroxyl groups excluding tert-OH is 2. The zero-order valence-electron chi connectivity index (χ0n) is 14.2. The first-order valence-electron chi connectivity index (χ1n) is 7.94. The molecule has 0 fully saturated rings. The Kier molecular flexibility index (Phi) is 7.22. The number of fused-ring (bicyclic) bond motifs is 1. The number of aliphatic hydroxyl groups is 2. The molecule has 2 aromatic rings. The van der Waals surface area contributed by atoms with Crippen molar-refractivity contribution in [2.45, 2.75) is 12.3 Å². The molecule has 2 unspecified atom stereocenters. The van der Waals surface area contributed by atoms with Gasteiger partial charge in [0.15, 0.2) is 17.7 Å². The predicted octanol–water partition coefficient (Wildman–Crippen LogP) is -1.28. The van der Waals surface area contributed by atoms with Gasteiger partial charge in [-0.25, -0.2) is 15.0 Å². The maximum Gasteiger partial charge on any atom is 0.167 e. The molecule has 0 spiro atoms. The second-order valence-electron chi connectivity index (χ2n) is 5.59. The number of nitrogen functional groups attached to an aromatic ring is 1. The number of aromatic nitrogens is 4. The predicted molar refractivity (Wildman–Crippen MR) is 93.5 cm³/mol. The summed E-state index contributed by atoms with van der Waals surface area (Å²) in [5.74, 6) is 0.255. The van der Waals surface area contributed by atoms with Gasteiger partial charge in [0, 0.05) is 19.6 Å². The van der Waals surface area contributed by atoms with E-state index in [1.165, 1.54) is 12.7 Å². The summed E-state index contributed by atoms with van der Waals surface area (Å²) in [7, 11) is 1.90. The Morgan fingerprint density at radius 3 is 2.76 bits per heavy atom. The lowest BCUT2D eigenvalue weighted by molar-refractivity contribution is -0.101. The van der Waals surface area contributed by atoms with Crippen molar-refractivity contribution in [3.8, 4) is 0 Å². The van der Waals surface area contributed by atoms with Crippen LogP contribution >= 0.6 is 0 Å². The second kappa shape index (κ2) is 9.39. The van der Waals surface area contributed by atoms with E-state index in [1.54, 1.807) is 4.57 Å². The minimum Gasteiger partial charge on any atom is -0.394 e. The Labute approximate surface area is 145 Å². The maximum atomic E-state index is 9.71. The molecule has 10 nitrogen and oxygen atoms in total. The van der Waals surface area contributed by atoms with E-state index in [-0.39, 0.29) is 19.0 Å². The van der Waals surface area contributed by atoms with Crippen molar-refractivity contribution in [2.24, 2.45) is 5.73 Å². The van der Waals surface area contributed by atoms with Crippen LogP contribution in [0.25, 0.3) is 11.2 Å². The van der Waals surface area contributed by atoms with E-state index in [2.05, 4.69) is 15.0 Å². The molecule has 0 aliphatic rings. The molecular weight excluding hydrogens is 326 g/mol. The highest BCUT2D eigenvalue weighted by atomic mass is 16.5. The Morgan fingerprint density at radius 2 is 2.08 bits per heavy atom. The molecular formula is C15H25N7O3. The van der Waals surface area contributed by atoms with Crippen molar-refractivity contribution in [3.05, 3.63) is 24.8 Å². The van der Waals surface area contributed by atoms with E-state index in [0.717, 1.165) is 0 Å². The second-order valence-corrected chi connectivity index (χ2v) is 5.59. The van der Waals surface area contributed by atoms with Gasteiger partial charge < -0.3 is 31.3 Å². The monoisotopic (exact) mass is 351 g/mol. The van der Waals surface area contributed by atoms with E-state index < -0.39 is 12.3 Å². The number of nitrogens with two attached hydrogens (primary N) is 2. The van der Waals surface area contributed by atoms with E-state index >= 15 is 0 Å². The van der Waals surface area contributed by atoms with Crippen molar-refractivity contribution in [2.75, 3.05) is 45.6 Å². The van der Waals surface area contributed by atoms with Gasteiger partial charge in [-0.3, -0.25) is 4.57 Å². The lowest BCUT2D eigenvalue weighted by atomic mass is 10.3. The van der Waals surface area contributed by atoms with Crippen LogP contribution in [0.2, 0.25) is 0 Å². The van der Waals surface area contributed by atoms with Crippen molar-refractivity contribution in [1.29, 1.82) is 0 Å². The molecule has 6 N–H and O–H groups in total. The first-order valence-corrected chi connectivity index (χ1v) is 7.94. The summed E-state index contributed by atoms with van der Waals surface area (Å²) in [5, 5.41) is 19.3. The molecule has 0 aromatic carbocycles. The fraction of sp³-hybridized carbons (Fsp3) is 0.533. The normalized spacial score (nSPS) is 14.6. The summed E-state index contributed by atoms with van der Waals surface area (Å²) in [6.07, 6.45) is 5.38. The highest BCUT2D eigenvalue weighted by Crippen LogP contribution is 2.20. The third kappa shape index (κ3) is 4.94. The molecule has 2 rings (SSSR count). The van der Waals surface area contributed by atoms with Gasteiger partial charge in [-0.2, -0.15) is 0 Å². The number of anilines is 1. The van der Waals surface area contributed by atoms with Gasteiger partial charge in [-0.1, -0.05) is 12.2 Å². The Balaban J connectivity index is 2.08. The highest BCUT2D eigenvalue weighted by Gasteiger charge is 2.21. The summed E-state index contributed by atoms with van der Waals surface area (Å²) in [5.41, 5.74) is 12.1. The molecule has 25 heavy (non-hydrogen) atoms. The topological polar surface area (TPSA) is 149 Å². The van der Waals surface area contributed by atoms with Crippen LogP contribution in [0.5, 0.6) is 0 Å². The Hall–Kier alpha value is -2.11. The van der Waals surface area contributed by atoms with Gasteiger partial charge in [0.2, 0.25) is 0 Å². The van der Waals surface area contributed by atoms with Crippen molar-refractivity contribution >= 4 is 17.0 Å². The number of hydrogen-bond donors (Lipinski definition) is 4. The molecule has 0 bridgehead atoms. The summed E-state index contributed by atoms with van der Waals surface area (Å²) in [4.78, 5) is 14.2. The Bertz CT molecular complexity index is 691. The van der Waals surface area contributed by atoms with Crippen molar-refractivity contribution in [1.82, 2.24) is 24.4 Å². The van der Waals surface area contributed by atoms with Crippen molar-refractivity contribution in [3.63, 3.8) is 0 Å². The average molecular weight is 351 g/mol. The van der Waals surface area contributed by atoms with E-state index in [1.807, 2.05) is 24.1 Å². The van der Waals surface area contributed by atoms with Crippen LogP contribution in [0, 0.1) is 0 Å². The Morgan fingerprint density at radius 1 is 1.28 bits per heavy atom. The summed E-state index contributed by atoms with van der Waals surface area (Å²) < 4.78 is 7.42. The van der Waals surface area contributed by atoms with Crippen molar-refractivity contribution < 1.29 is 14.9 Å². The molecule has 2 heterocycles. The number of rotatable bonds is 10. The van der Waals surface area contributed by atoms with Gasteiger partial charge in [0.25, 0.3) is 0 Å². The standard InChI is InChI=1S/C15H25N7O3/c1-21(5-3-2-4-16)6-11(7-23)25-12(8-24)22-10-20-13-14(17)18-9-19-15(13)22/h2-3,9-12,23-24H,4-8,16H2,1H3,(H2,17,18,19)/b3-2-. The molecule has 0 aliphatic carbocycles. The van der Waals surface area contributed by atoms with E-state index in [4.69, 9.17) is 16.2 Å². The third-order valence-electron chi connectivity index (χ3n) is 3.64. The van der Waals surface area contributed by atoms with Crippen LogP contribution in [0.4, 0.5) is 5.82 Å². The van der Waals surface area contributed by atoms with Gasteiger partial charge in [-0.05, 0) is 7.05 Å². The zero-order chi connectivity index (χ0) is 18.2. The largest absolute Gasteiger partial charge is 0.394 e. The molecule has 2 atom stereocenters. The average Bonchev–Trinajstić information content (AvgIpc) is 3.04. The molecule has 0 saturated carbocycles. The van der Waals surface area contributed by atoms with Crippen LogP contribution in [-0.2, 0) is 4.74 Å². The molecule has 10 heteroatoms. The number of imidazole rings is 1. The van der Waals surface area contributed by atoms with Crippen LogP contribution < -0.4 is 11.5 Å². The quantitative estimate of drug-likeness (QED) is 0.384. The molecule has 0 saturated heterocycles. The molecule has 138 valence electrons. The number of hydrogen-bond acceptors (Lipinski definition) is 9. The number of likely N-dealkylation sites (N-methyl/N-ethyl adjacent to an activating group) is 1. The van der Waals surface area contributed by atoms with Gasteiger partial charge in [0.05, 0.1) is 25.6 Å². The third-order valence-corrected chi connectivity index (χ3v) is 3.64. The minimum absolute atomic E-state index is 0.189.